The van der Waals surface area contributed by atoms with E-state index in [1.165, 1.54) is 30.4 Å². The zero-order valence-corrected chi connectivity index (χ0v) is 17.0. The molecule has 150 valence electrons. The molecule has 1 heterocycles. The van der Waals surface area contributed by atoms with Crippen LogP contribution in [0.15, 0.2) is 59.5 Å². The highest BCUT2D eigenvalue weighted by Gasteiger charge is 2.28. The molecule has 2 N–H and O–H groups in total. The molecule has 0 aromatic heterocycles. The molecule has 0 radical (unpaired) electrons. The number of rotatable bonds is 6. The monoisotopic (exact) mass is 399 g/mol. The van der Waals surface area contributed by atoms with Crippen molar-refractivity contribution in [2.75, 3.05) is 19.6 Å². The van der Waals surface area contributed by atoms with Gasteiger partial charge in [0.1, 0.15) is 0 Å². The summed E-state index contributed by atoms with van der Waals surface area (Å²) >= 11 is 0. The van der Waals surface area contributed by atoms with Crippen LogP contribution in [0.4, 0.5) is 0 Å². The van der Waals surface area contributed by atoms with Crippen LogP contribution >= 0.6 is 0 Å². The van der Waals surface area contributed by atoms with Crippen molar-refractivity contribution in [3.05, 3.63) is 65.7 Å². The van der Waals surface area contributed by atoms with E-state index < -0.39 is 10.0 Å². The van der Waals surface area contributed by atoms with Crippen molar-refractivity contribution < 1.29 is 8.42 Å². The summed E-state index contributed by atoms with van der Waals surface area (Å²) in [5.74, 6) is 0.583. The average molecular weight is 400 g/mol. The lowest BCUT2D eigenvalue weighted by Gasteiger charge is -2.37. The predicted octanol–water partition coefficient (Wildman–Crippen LogP) is 3.05. The molecule has 1 saturated heterocycles. The van der Waals surface area contributed by atoms with E-state index in [0.29, 0.717) is 17.4 Å². The van der Waals surface area contributed by atoms with Crippen LogP contribution in [-0.2, 0) is 16.4 Å². The maximum absolute atomic E-state index is 12.7. The van der Waals surface area contributed by atoms with E-state index in [-0.39, 0.29) is 6.04 Å². The number of hydrazine groups is 1. The second-order valence-corrected chi connectivity index (χ2v) is 9.49. The molecule has 2 atom stereocenters. The van der Waals surface area contributed by atoms with Gasteiger partial charge in [0, 0.05) is 25.7 Å². The minimum Gasteiger partial charge on any atom is -0.314 e. The van der Waals surface area contributed by atoms with Crippen LogP contribution in [0.25, 0.3) is 0 Å². The van der Waals surface area contributed by atoms with E-state index in [1.807, 2.05) is 11.1 Å². The number of fused-ring (bicyclic) bond motifs is 1. The largest absolute Gasteiger partial charge is 0.314 e. The highest BCUT2D eigenvalue weighted by molar-refractivity contribution is 7.89. The summed E-state index contributed by atoms with van der Waals surface area (Å²) in [5.41, 5.74) is 2.98. The topological polar surface area (TPSA) is 61.4 Å². The molecule has 1 aliphatic carbocycles. The summed E-state index contributed by atoms with van der Waals surface area (Å²) in [5, 5.41) is 5.34. The molecular formula is C22H29N3O2S. The van der Waals surface area contributed by atoms with Gasteiger partial charge in [0.05, 0.1) is 4.90 Å². The fourth-order valence-corrected chi connectivity index (χ4v) is 5.66. The average Bonchev–Trinajstić information content (AvgIpc) is 2.73. The lowest BCUT2D eigenvalue weighted by atomic mass is 9.80. The van der Waals surface area contributed by atoms with Gasteiger partial charge in [-0.1, -0.05) is 42.5 Å². The van der Waals surface area contributed by atoms with Gasteiger partial charge in [0.15, 0.2) is 0 Å². The Labute approximate surface area is 168 Å². The van der Waals surface area contributed by atoms with Gasteiger partial charge in [0.25, 0.3) is 10.0 Å². The smallest absolute Gasteiger partial charge is 0.253 e. The van der Waals surface area contributed by atoms with Crippen LogP contribution in [0.3, 0.4) is 0 Å². The quantitative estimate of drug-likeness (QED) is 0.784. The number of hydrogen-bond acceptors (Lipinski definition) is 4. The molecule has 0 spiro atoms. The van der Waals surface area contributed by atoms with Crippen molar-refractivity contribution in [1.29, 1.82) is 0 Å². The van der Waals surface area contributed by atoms with Crippen molar-refractivity contribution in [1.82, 2.24) is 15.2 Å². The van der Waals surface area contributed by atoms with Gasteiger partial charge >= 0.3 is 0 Å². The standard InChI is InChI=1S/C22H29N3O2S/c26-28(27,21-10-2-1-3-11-21)24-25-16-15-23-17-20(25)14-13-19-9-6-8-18-7-4-5-12-22(18)19/h1-5,7,10-12,19-20,23-24H,6,8-9,13-17H2. The van der Waals surface area contributed by atoms with Gasteiger partial charge in [-0.15, -0.1) is 4.83 Å². The van der Waals surface area contributed by atoms with Crippen molar-refractivity contribution in [3.63, 3.8) is 0 Å². The third-order valence-electron chi connectivity index (χ3n) is 5.98. The highest BCUT2D eigenvalue weighted by atomic mass is 32.2. The Morgan fingerprint density at radius 3 is 2.68 bits per heavy atom. The second-order valence-electron chi connectivity index (χ2n) is 7.82. The summed E-state index contributed by atoms with van der Waals surface area (Å²) in [6.07, 6.45) is 5.72. The summed E-state index contributed by atoms with van der Waals surface area (Å²) in [4.78, 5) is 3.15. The number of sulfonamides is 1. The SMILES string of the molecule is O=S(=O)(NN1CCNCC1CCC1CCCc2ccccc21)c1ccccc1. The Balaban J connectivity index is 1.42. The van der Waals surface area contributed by atoms with Gasteiger partial charge in [-0.25, -0.2) is 13.4 Å². The Morgan fingerprint density at radius 1 is 1.04 bits per heavy atom. The molecule has 5 nitrogen and oxygen atoms in total. The van der Waals surface area contributed by atoms with Crippen molar-refractivity contribution in [2.24, 2.45) is 0 Å². The van der Waals surface area contributed by atoms with Gasteiger partial charge in [-0.3, -0.25) is 0 Å². The van der Waals surface area contributed by atoms with Crippen LogP contribution in [0.2, 0.25) is 0 Å². The Kier molecular flexibility index (Phi) is 6.11. The third-order valence-corrected chi connectivity index (χ3v) is 7.35. The maximum Gasteiger partial charge on any atom is 0.253 e. The van der Waals surface area contributed by atoms with E-state index in [9.17, 15) is 8.42 Å². The first-order valence-corrected chi connectivity index (χ1v) is 11.7. The van der Waals surface area contributed by atoms with Gasteiger partial charge in [0.2, 0.25) is 0 Å². The van der Waals surface area contributed by atoms with Crippen molar-refractivity contribution in [2.45, 2.75) is 49.0 Å². The number of benzene rings is 2. The molecule has 6 heteroatoms. The first-order valence-electron chi connectivity index (χ1n) is 10.3. The highest BCUT2D eigenvalue weighted by Crippen LogP contribution is 2.35. The molecular weight excluding hydrogens is 370 g/mol. The van der Waals surface area contributed by atoms with Crippen LogP contribution in [0.1, 0.15) is 42.7 Å². The molecule has 1 aliphatic heterocycles. The number of piperazine rings is 1. The molecule has 0 bridgehead atoms. The summed E-state index contributed by atoms with van der Waals surface area (Å²) in [6, 6.07) is 17.6. The molecule has 2 aromatic carbocycles. The number of aryl methyl sites for hydroxylation is 1. The lowest BCUT2D eigenvalue weighted by molar-refractivity contribution is 0.123. The summed E-state index contributed by atoms with van der Waals surface area (Å²) in [6.45, 7) is 2.28. The summed E-state index contributed by atoms with van der Waals surface area (Å²) < 4.78 is 25.5. The summed E-state index contributed by atoms with van der Waals surface area (Å²) in [7, 11) is -3.54. The van der Waals surface area contributed by atoms with Gasteiger partial charge in [-0.05, 0) is 61.3 Å². The number of hydrogen-bond donors (Lipinski definition) is 2. The minimum absolute atomic E-state index is 0.168. The molecule has 0 saturated carbocycles. The van der Waals surface area contributed by atoms with Crippen molar-refractivity contribution >= 4 is 10.0 Å². The normalized spacial score (nSPS) is 23.3. The molecule has 2 aliphatic rings. The number of nitrogens with zero attached hydrogens (tertiary/aromatic N) is 1. The van der Waals surface area contributed by atoms with E-state index in [0.717, 1.165) is 25.9 Å². The van der Waals surface area contributed by atoms with E-state index in [2.05, 4.69) is 34.4 Å². The van der Waals surface area contributed by atoms with E-state index in [1.54, 1.807) is 24.3 Å². The van der Waals surface area contributed by atoms with Crippen LogP contribution in [0, 0.1) is 0 Å². The Morgan fingerprint density at radius 2 is 1.82 bits per heavy atom. The van der Waals surface area contributed by atoms with Crippen LogP contribution < -0.4 is 10.1 Å². The second kappa shape index (κ2) is 8.74. The zero-order chi connectivity index (χ0) is 19.4. The van der Waals surface area contributed by atoms with Gasteiger partial charge in [-0.2, -0.15) is 0 Å². The van der Waals surface area contributed by atoms with Crippen LogP contribution in [-0.4, -0.2) is 39.1 Å². The zero-order valence-electron chi connectivity index (χ0n) is 16.2. The lowest BCUT2D eigenvalue weighted by Crippen LogP contribution is -2.58. The third kappa shape index (κ3) is 4.46. The molecule has 4 rings (SSSR count). The Hall–Kier alpha value is -1.73. The fourth-order valence-electron chi connectivity index (χ4n) is 4.49. The molecule has 2 unspecified atom stereocenters. The maximum atomic E-state index is 12.7. The van der Waals surface area contributed by atoms with E-state index in [4.69, 9.17) is 0 Å². The Bertz CT molecular complexity index is 886. The predicted molar refractivity (Wildman–Crippen MR) is 111 cm³/mol. The molecule has 0 amide bonds. The van der Waals surface area contributed by atoms with E-state index >= 15 is 0 Å². The first-order chi connectivity index (χ1) is 13.6. The molecule has 2 aromatic rings. The molecule has 1 fully saturated rings. The van der Waals surface area contributed by atoms with Crippen molar-refractivity contribution in [3.8, 4) is 0 Å². The molecule has 28 heavy (non-hydrogen) atoms. The van der Waals surface area contributed by atoms with Crippen LogP contribution in [0.5, 0.6) is 0 Å². The first kappa shape index (κ1) is 19.6. The minimum atomic E-state index is -3.54. The fraction of sp³-hybridized carbons (Fsp3) is 0.455. The van der Waals surface area contributed by atoms with Gasteiger partial charge < -0.3 is 5.32 Å². The number of nitrogens with one attached hydrogen (secondary N) is 2.